The molecular weight excluding hydrogens is 447 g/mol. The molecule has 108 valence electrons. The lowest BCUT2D eigenvalue weighted by atomic mass is 10.2. The molecule has 2 rings (SSSR count). The van der Waals surface area contributed by atoms with Crippen molar-refractivity contribution in [2.45, 2.75) is 0 Å². The number of nitrogens with one attached hydrogen (secondary N) is 1. The van der Waals surface area contributed by atoms with E-state index in [1.54, 1.807) is 18.3 Å². The fourth-order valence-corrected chi connectivity index (χ4v) is 2.31. The first kappa shape index (κ1) is 16.0. The second-order valence-electron chi connectivity index (χ2n) is 4.09. The number of halogens is 2. The lowest BCUT2D eigenvalue weighted by Crippen LogP contribution is -2.24. The number of hydrogen-bond acceptors (Lipinski definition) is 3. The smallest absolute Gasteiger partial charge is 0.277 e. The van der Waals surface area contributed by atoms with Gasteiger partial charge >= 0.3 is 0 Å². The number of rotatable bonds is 5. The molecule has 0 radical (unpaired) electrons. The minimum absolute atomic E-state index is 0.0781. The minimum Gasteiger partial charge on any atom is -0.484 e. The second-order valence-corrected chi connectivity index (χ2v) is 6.25. The molecule has 0 unspecified atom stereocenters. The maximum Gasteiger partial charge on any atom is 0.277 e. The summed E-state index contributed by atoms with van der Waals surface area (Å²) in [5, 5.41) is 3.89. The average Bonchev–Trinajstić information content (AvgIpc) is 2.47. The molecule has 1 N–H and O–H groups in total. The van der Waals surface area contributed by atoms with Gasteiger partial charge in [-0.15, -0.1) is 0 Å². The molecule has 2 aromatic carbocycles. The molecule has 0 aliphatic carbocycles. The van der Waals surface area contributed by atoms with E-state index in [-0.39, 0.29) is 12.5 Å². The summed E-state index contributed by atoms with van der Waals surface area (Å²) < 4.78 is 7.41. The number of amides is 1. The number of carbonyl (C=O) groups is 1. The zero-order valence-corrected chi connectivity index (χ0v) is 14.7. The van der Waals surface area contributed by atoms with Gasteiger partial charge in [0.15, 0.2) is 6.61 Å². The Balaban J connectivity index is 1.78. The highest BCUT2D eigenvalue weighted by molar-refractivity contribution is 14.1. The fourth-order valence-electron chi connectivity index (χ4n) is 1.48. The van der Waals surface area contributed by atoms with Gasteiger partial charge in [0.25, 0.3) is 5.91 Å². The van der Waals surface area contributed by atoms with Gasteiger partial charge in [-0.25, -0.2) is 5.43 Å². The van der Waals surface area contributed by atoms with Gasteiger partial charge in [-0.1, -0.05) is 28.1 Å². The van der Waals surface area contributed by atoms with Crippen LogP contribution in [-0.4, -0.2) is 18.7 Å². The van der Waals surface area contributed by atoms with Crippen molar-refractivity contribution in [3.63, 3.8) is 0 Å². The molecule has 0 bridgehead atoms. The van der Waals surface area contributed by atoms with Crippen LogP contribution >= 0.6 is 38.5 Å². The molecule has 0 saturated carbocycles. The van der Waals surface area contributed by atoms with Crippen LogP contribution in [0.5, 0.6) is 5.75 Å². The van der Waals surface area contributed by atoms with E-state index >= 15 is 0 Å². The SMILES string of the molecule is O=C(COc1ccc(Br)cc1)NN=Cc1cccc(I)c1. The van der Waals surface area contributed by atoms with Gasteiger partial charge in [0, 0.05) is 8.04 Å². The summed E-state index contributed by atoms with van der Waals surface area (Å²) in [6.07, 6.45) is 1.60. The summed E-state index contributed by atoms with van der Waals surface area (Å²) in [5.41, 5.74) is 3.35. The molecule has 0 atom stereocenters. The van der Waals surface area contributed by atoms with Crippen molar-refractivity contribution in [3.8, 4) is 5.75 Å². The third-order valence-electron chi connectivity index (χ3n) is 2.44. The monoisotopic (exact) mass is 458 g/mol. The van der Waals surface area contributed by atoms with Gasteiger partial charge in [0.2, 0.25) is 0 Å². The van der Waals surface area contributed by atoms with Crippen molar-refractivity contribution < 1.29 is 9.53 Å². The van der Waals surface area contributed by atoms with E-state index in [4.69, 9.17) is 4.74 Å². The van der Waals surface area contributed by atoms with Gasteiger partial charge in [0.1, 0.15) is 5.75 Å². The molecule has 0 spiro atoms. The van der Waals surface area contributed by atoms with Crippen LogP contribution in [0.15, 0.2) is 58.1 Å². The van der Waals surface area contributed by atoms with Crippen molar-refractivity contribution >= 4 is 50.6 Å². The number of ether oxygens (including phenoxy) is 1. The van der Waals surface area contributed by atoms with Gasteiger partial charge < -0.3 is 4.74 Å². The van der Waals surface area contributed by atoms with Crippen molar-refractivity contribution in [1.82, 2.24) is 5.43 Å². The zero-order chi connectivity index (χ0) is 15.1. The van der Waals surface area contributed by atoms with Crippen molar-refractivity contribution in [3.05, 3.63) is 62.1 Å². The maximum absolute atomic E-state index is 11.6. The van der Waals surface area contributed by atoms with E-state index in [2.05, 4.69) is 49.0 Å². The highest BCUT2D eigenvalue weighted by Gasteiger charge is 2.01. The predicted octanol–water partition coefficient (Wildman–Crippen LogP) is 3.58. The largest absolute Gasteiger partial charge is 0.484 e. The molecular formula is C15H12BrIN2O2. The van der Waals surface area contributed by atoms with Crippen molar-refractivity contribution in [2.24, 2.45) is 5.10 Å². The molecule has 0 aromatic heterocycles. The molecule has 6 heteroatoms. The Labute approximate surface area is 144 Å². The number of benzene rings is 2. The van der Waals surface area contributed by atoms with E-state index in [1.165, 1.54) is 0 Å². The minimum atomic E-state index is -0.306. The molecule has 1 amide bonds. The van der Waals surface area contributed by atoms with Crippen LogP contribution in [0.2, 0.25) is 0 Å². The van der Waals surface area contributed by atoms with E-state index in [0.29, 0.717) is 5.75 Å². The number of hydrogen-bond donors (Lipinski definition) is 1. The van der Waals surface area contributed by atoms with E-state index in [0.717, 1.165) is 13.6 Å². The van der Waals surface area contributed by atoms with Crippen molar-refractivity contribution in [2.75, 3.05) is 6.61 Å². The Bertz CT molecular complexity index is 644. The Morgan fingerprint density at radius 3 is 2.76 bits per heavy atom. The quantitative estimate of drug-likeness (QED) is 0.423. The Morgan fingerprint density at radius 1 is 1.29 bits per heavy atom. The molecule has 0 aliphatic heterocycles. The first-order valence-electron chi connectivity index (χ1n) is 6.09. The summed E-state index contributed by atoms with van der Waals surface area (Å²) in [5.74, 6) is 0.328. The Morgan fingerprint density at radius 2 is 2.05 bits per heavy atom. The van der Waals surface area contributed by atoms with Gasteiger partial charge in [-0.2, -0.15) is 5.10 Å². The van der Waals surface area contributed by atoms with E-state index in [1.807, 2.05) is 36.4 Å². The third kappa shape index (κ3) is 5.84. The van der Waals surface area contributed by atoms with Crippen molar-refractivity contribution in [1.29, 1.82) is 0 Å². The predicted molar refractivity (Wildman–Crippen MR) is 94.5 cm³/mol. The van der Waals surface area contributed by atoms with E-state index in [9.17, 15) is 4.79 Å². The molecule has 0 aliphatic rings. The van der Waals surface area contributed by atoms with Crippen LogP contribution < -0.4 is 10.2 Å². The summed E-state index contributed by atoms with van der Waals surface area (Å²) >= 11 is 5.55. The standard InChI is InChI=1S/C15H12BrIN2O2/c16-12-4-6-14(7-5-12)21-10-15(20)19-18-9-11-2-1-3-13(17)8-11/h1-9H,10H2,(H,19,20). The number of carbonyl (C=O) groups excluding carboxylic acids is 1. The average molecular weight is 459 g/mol. The normalized spacial score (nSPS) is 10.6. The first-order valence-corrected chi connectivity index (χ1v) is 7.96. The molecule has 0 saturated heterocycles. The van der Waals surface area contributed by atoms with Crippen LogP contribution in [-0.2, 0) is 4.79 Å². The lowest BCUT2D eigenvalue weighted by Gasteiger charge is -2.04. The Hall–Kier alpha value is -1.41. The van der Waals surface area contributed by atoms with Crippen LogP contribution in [0.1, 0.15) is 5.56 Å². The second kappa shape index (κ2) is 8.14. The lowest BCUT2D eigenvalue weighted by molar-refractivity contribution is -0.123. The summed E-state index contributed by atoms with van der Waals surface area (Å²) in [4.78, 5) is 11.6. The highest BCUT2D eigenvalue weighted by Crippen LogP contribution is 2.15. The zero-order valence-electron chi connectivity index (χ0n) is 10.9. The van der Waals surface area contributed by atoms with Crippen LogP contribution in [0, 0.1) is 3.57 Å². The maximum atomic E-state index is 11.6. The van der Waals surface area contributed by atoms with E-state index < -0.39 is 0 Å². The summed E-state index contributed by atoms with van der Waals surface area (Å²) in [7, 11) is 0. The number of hydrazone groups is 1. The van der Waals surface area contributed by atoms with Gasteiger partial charge in [-0.3, -0.25) is 4.79 Å². The fraction of sp³-hybridized carbons (Fsp3) is 0.0667. The summed E-state index contributed by atoms with van der Waals surface area (Å²) in [6.45, 7) is -0.0781. The Kier molecular flexibility index (Phi) is 6.19. The number of nitrogens with zero attached hydrogens (tertiary/aromatic N) is 1. The van der Waals surface area contributed by atoms with Crippen LogP contribution in [0.25, 0.3) is 0 Å². The van der Waals surface area contributed by atoms with Gasteiger partial charge in [-0.05, 0) is 64.6 Å². The summed E-state index contributed by atoms with van der Waals surface area (Å²) in [6, 6.07) is 15.1. The molecule has 4 nitrogen and oxygen atoms in total. The molecule has 2 aromatic rings. The topological polar surface area (TPSA) is 50.7 Å². The van der Waals surface area contributed by atoms with Crippen LogP contribution in [0.4, 0.5) is 0 Å². The first-order chi connectivity index (χ1) is 10.1. The van der Waals surface area contributed by atoms with Gasteiger partial charge in [0.05, 0.1) is 6.21 Å². The molecule has 21 heavy (non-hydrogen) atoms. The molecule has 0 heterocycles. The highest BCUT2D eigenvalue weighted by atomic mass is 127. The third-order valence-corrected chi connectivity index (χ3v) is 3.63. The molecule has 0 fully saturated rings. The van der Waals surface area contributed by atoms with Crippen LogP contribution in [0.3, 0.4) is 0 Å².